The smallest absolute Gasteiger partial charge is 0.352 e. The summed E-state index contributed by atoms with van der Waals surface area (Å²) in [4.78, 5) is 9.82. The van der Waals surface area contributed by atoms with Gasteiger partial charge in [-0.15, -0.1) is 0 Å². The molecule has 0 fully saturated rings. The van der Waals surface area contributed by atoms with Crippen LogP contribution in [0.5, 0.6) is 0 Å². The first kappa shape index (κ1) is 8.81. The van der Waals surface area contributed by atoms with Gasteiger partial charge in [0.25, 0.3) is 4.58 Å². The summed E-state index contributed by atoms with van der Waals surface area (Å²) in [6.45, 7) is -0.992. The molecular formula is C4H5BrF2O2. The molecule has 0 spiro atoms. The number of hydrogen-bond acceptors (Lipinski definition) is 1. The molecule has 0 saturated heterocycles. The van der Waals surface area contributed by atoms with Gasteiger partial charge in [-0.05, 0) is 15.9 Å². The Morgan fingerprint density at radius 1 is 1.78 bits per heavy atom. The summed E-state index contributed by atoms with van der Waals surface area (Å²) >= 11 is 2.20. The first-order valence-corrected chi connectivity index (χ1v) is 2.97. The highest BCUT2D eigenvalue weighted by Gasteiger charge is 2.34. The normalized spacial score (nSPS) is 16.8. The first-order chi connectivity index (χ1) is 4.00. The Morgan fingerprint density at radius 3 is 2.33 bits per heavy atom. The molecular weight excluding hydrogens is 198 g/mol. The molecule has 0 aliphatic rings. The number of rotatable bonds is 3. The van der Waals surface area contributed by atoms with Crippen LogP contribution in [-0.2, 0) is 4.79 Å². The van der Waals surface area contributed by atoms with Gasteiger partial charge in [-0.25, -0.2) is 9.18 Å². The Morgan fingerprint density at radius 2 is 2.22 bits per heavy atom. The van der Waals surface area contributed by atoms with Crippen molar-refractivity contribution in [1.82, 2.24) is 0 Å². The highest BCUT2D eigenvalue weighted by Crippen LogP contribution is 2.24. The third-order valence-corrected chi connectivity index (χ3v) is 1.46. The van der Waals surface area contributed by atoms with Crippen LogP contribution in [0.2, 0.25) is 0 Å². The molecule has 0 amide bonds. The monoisotopic (exact) mass is 202 g/mol. The van der Waals surface area contributed by atoms with E-state index in [1.54, 1.807) is 0 Å². The maximum absolute atomic E-state index is 12.3. The molecule has 9 heavy (non-hydrogen) atoms. The van der Waals surface area contributed by atoms with Gasteiger partial charge >= 0.3 is 5.97 Å². The summed E-state index contributed by atoms with van der Waals surface area (Å²) in [5.41, 5.74) is 0. The third kappa shape index (κ3) is 2.74. The van der Waals surface area contributed by atoms with Crippen LogP contribution in [0.1, 0.15) is 6.42 Å². The minimum absolute atomic E-state index is 0.664. The van der Waals surface area contributed by atoms with Gasteiger partial charge in [0.1, 0.15) is 0 Å². The molecule has 0 bridgehead atoms. The Hall–Kier alpha value is -0.190. The van der Waals surface area contributed by atoms with Gasteiger partial charge in [-0.3, -0.25) is 4.39 Å². The van der Waals surface area contributed by atoms with Crippen molar-refractivity contribution in [3.8, 4) is 0 Å². The van der Waals surface area contributed by atoms with Crippen LogP contribution in [0, 0.1) is 0 Å². The fourth-order valence-corrected chi connectivity index (χ4v) is 0.375. The SMILES string of the molecule is O=C(O)[C@](F)(Br)CCF. The van der Waals surface area contributed by atoms with Crippen LogP contribution in [0.15, 0.2) is 0 Å². The van der Waals surface area contributed by atoms with E-state index in [4.69, 9.17) is 5.11 Å². The van der Waals surface area contributed by atoms with Crippen molar-refractivity contribution in [1.29, 1.82) is 0 Å². The van der Waals surface area contributed by atoms with Gasteiger partial charge in [-0.1, -0.05) is 0 Å². The van der Waals surface area contributed by atoms with Crippen LogP contribution in [0.25, 0.3) is 0 Å². The second-order valence-corrected chi connectivity index (χ2v) is 2.71. The maximum Gasteiger partial charge on any atom is 0.352 e. The molecule has 0 rings (SSSR count). The largest absolute Gasteiger partial charge is 0.478 e. The lowest BCUT2D eigenvalue weighted by atomic mass is 10.3. The number of carboxylic acid groups (broad SMARTS) is 1. The highest BCUT2D eigenvalue weighted by atomic mass is 79.9. The van der Waals surface area contributed by atoms with Gasteiger partial charge in [0, 0.05) is 6.42 Å². The van der Waals surface area contributed by atoms with Crippen molar-refractivity contribution < 1.29 is 18.7 Å². The van der Waals surface area contributed by atoms with E-state index >= 15 is 0 Å². The first-order valence-electron chi connectivity index (χ1n) is 2.18. The van der Waals surface area contributed by atoms with Crippen molar-refractivity contribution in [2.45, 2.75) is 11.0 Å². The molecule has 54 valence electrons. The van der Waals surface area contributed by atoms with E-state index in [9.17, 15) is 13.6 Å². The standard InChI is InChI=1S/C4H5BrF2O2/c5-4(7,1-2-6)3(8)9/h1-2H2,(H,8,9)/t4-/m0/s1. The number of carboxylic acids is 1. The predicted octanol–water partition coefficient (Wildman–Crippen LogP) is 1.49. The molecule has 0 unspecified atom stereocenters. The van der Waals surface area contributed by atoms with Gasteiger partial charge in [-0.2, -0.15) is 0 Å². The lowest BCUT2D eigenvalue weighted by Gasteiger charge is -2.08. The van der Waals surface area contributed by atoms with Crippen molar-refractivity contribution >= 4 is 21.9 Å². The number of halogens is 3. The van der Waals surface area contributed by atoms with Gasteiger partial charge < -0.3 is 5.11 Å². The van der Waals surface area contributed by atoms with Crippen LogP contribution in [0.4, 0.5) is 8.78 Å². The molecule has 1 N–H and O–H groups in total. The van der Waals surface area contributed by atoms with Crippen molar-refractivity contribution in [3.05, 3.63) is 0 Å². The second-order valence-electron chi connectivity index (χ2n) is 1.45. The molecule has 0 aliphatic heterocycles. The zero-order chi connectivity index (χ0) is 7.49. The van der Waals surface area contributed by atoms with E-state index in [2.05, 4.69) is 15.9 Å². The minimum Gasteiger partial charge on any atom is -0.478 e. The number of aliphatic carboxylic acids is 1. The molecule has 0 aliphatic carbocycles. The molecule has 0 aromatic rings. The lowest BCUT2D eigenvalue weighted by Crippen LogP contribution is -2.26. The zero-order valence-electron chi connectivity index (χ0n) is 4.40. The predicted molar refractivity (Wildman–Crippen MR) is 31.0 cm³/mol. The van der Waals surface area contributed by atoms with E-state index in [1.165, 1.54) is 0 Å². The summed E-state index contributed by atoms with van der Waals surface area (Å²) in [5, 5.41) is 7.98. The fourth-order valence-electron chi connectivity index (χ4n) is 0.226. The third-order valence-electron chi connectivity index (χ3n) is 0.721. The molecule has 0 radical (unpaired) electrons. The topological polar surface area (TPSA) is 37.3 Å². The van der Waals surface area contributed by atoms with Crippen molar-refractivity contribution in [3.63, 3.8) is 0 Å². The number of alkyl halides is 3. The van der Waals surface area contributed by atoms with E-state index in [1.807, 2.05) is 0 Å². The van der Waals surface area contributed by atoms with Crippen LogP contribution >= 0.6 is 15.9 Å². The molecule has 2 nitrogen and oxygen atoms in total. The van der Waals surface area contributed by atoms with Gasteiger partial charge in [0.2, 0.25) is 0 Å². The van der Waals surface area contributed by atoms with Crippen LogP contribution < -0.4 is 0 Å². The Bertz CT molecular complexity index is 115. The molecule has 0 aromatic carbocycles. The fraction of sp³-hybridized carbons (Fsp3) is 0.750. The molecule has 5 heteroatoms. The van der Waals surface area contributed by atoms with Crippen molar-refractivity contribution in [2.24, 2.45) is 0 Å². The van der Waals surface area contributed by atoms with Gasteiger partial charge in [0.05, 0.1) is 6.67 Å². The average Bonchev–Trinajstić information content (AvgIpc) is 1.65. The average molecular weight is 203 g/mol. The van der Waals surface area contributed by atoms with E-state index in [0.717, 1.165) is 0 Å². The van der Waals surface area contributed by atoms with E-state index in [0.29, 0.717) is 0 Å². The lowest BCUT2D eigenvalue weighted by molar-refractivity contribution is -0.144. The molecule has 1 atom stereocenters. The summed E-state index contributed by atoms with van der Waals surface area (Å²) in [6.07, 6.45) is -0.664. The van der Waals surface area contributed by atoms with Crippen LogP contribution in [-0.4, -0.2) is 22.3 Å². The number of carbonyl (C=O) groups is 1. The Labute approximate surface area is 59.0 Å². The molecule has 0 saturated carbocycles. The van der Waals surface area contributed by atoms with E-state index in [-0.39, 0.29) is 0 Å². The summed E-state index contributed by atoms with van der Waals surface area (Å²) in [7, 11) is 0. The molecule has 0 aromatic heterocycles. The maximum atomic E-state index is 12.3. The summed E-state index contributed by atoms with van der Waals surface area (Å²) in [6, 6.07) is 0. The minimum atomic E-state index is -2.60. The van der Waals surface area contributed by atoms with E-state index < -0.39 is 23.6 Å². The Kier molecular flexibility index (Phi) is 3.03. The summed E-state index contributed by atoms with van der Waals surface area (Å²) in [5.74, 6) is -1.69. The van der Waals surface area contributed by atoms with Crippen molar-refractivity contribution in [2.75, 3.05) is 6.67 Å². The second kappa shape index (κ2) is 3.10. The zero-order valence-corrected chi connectivity index (χ0v) is 5.99. The molecule has 0 heterocycles. The number of hydrogen-bond donors (Lipinski definition) is 1. The van der Waals surface area contributed by atoms with Crippen LogP contribution in [0.3, 0.4) is 0 Å². The Balaban J connectivity index is 3.85. The summed E-state index contributed by atoms with van der Waals surface area (Å²) < 4.78 is 21.0. The van der Waals surface area contributed by atoms with Gasteiger partial charge in [0.15, 0.2) is 0 Å². The highest BCUT2D eigenvalue weighted by molar-refractivity contribution is 9.10. The quantitative estimate of drug-likeness (QED) is 0.705.